The van der Waals surface area contributed by atoms with Crippen molar-refractivity contribution in [3.8, 4) is 5.75 Å². The van der Waals surface area contributed by atoms with Gasteiger partial charge in [0.25, 0.3) is 5.91 Å². The van der Waals surface area contributed by atoms with Gasteiger partial charge in [-0.25, -0.2) is 13.2 Å². The number of unbranched alkanes of at least 4 members (excludes halogenated alkanes) is 1. The number of amides is 1. The lowest BCUT2D eigenvalue weighted by Crippen LogP contribution is -2.29. The molecule has 0 aliphatic heterocycles. The Balaban J connectivity index is 1.78. The molecule has 0 saturated heterocycles. The van der Waals surface area contributed by atoms with Gasteiger partial charge < -0.3 is 9.64 Å². The smallest absolute Gasteiger partial charge is 0.256 e. The van der Waals surface area contributed by atoms with E-state index in [2.05, 4.69) is 0 Å². The van der Waals surface area contributed by atoms with Gasteiger partial charge in [0.05, 0.1) is 12.2 Å². The molecule has 3 nitrogen and oxygen atoms in total. The lowest BCUT2D eigenvalue weighted by molar-refractivity contribution is 0.0785. The average molecular weight is 372 g/mol. The molecule has 2 aromatic rings. The predicted molar refractivity (Wildman–Crippen MR) is 89.5 cm³/mol. The van der Waals surface area contributed by atoms with E-state index in [1.54, 1.807) is 24.3 Å². The highest BCUT2D eigenvalue weighted by molar-refractivity contribution is 6.30. The maximum atomic E-state index is 13.6. The largest absolute Gasteiger partial charge is 0.494 e. The fourth-order valence-corrected chi connectivity index (χ4v) is 2.30. The van der Waals surface area contributed by atoms with E-state index in [0.717, 1.165) is 12.1 Å². The van der Waals surface area contributed by atoms with Gasteiger partial charge in [-0.3, -0.25) is 4.79 Å². The Morgan fingerprint density at radius 2 is 1.72 bits per heavy atom. The minimum Gasteiger partial charge on any atom is -0.494 e. The van der Waals surface area contributed by atoms with Crippen molar-refractivity contribution in [2.45, 2.75) is 12.8 Å². The maximum absolute atomic E-state index is 13.6. The quantitative estimate of drug-likeness (QED) is 0.522. The Kier molecular flexibility index (Phi) is 6.70. The van der Waals surface area contributed by atoms with E-state index >= 15 is 0 Å². The first-order valence-corrected chi connectivity index (χ1v) is 8.05. The van der Waals surface area contributed by atoms with E-state index < -0.39 is 28.9 Å². The molecule has 7 heteroatoms. The Morgan fingerprint density at radius 3 is 2.40 bits per heavy atom. The second kappa shape index (κ2) is 8.76. The van der Waals surface area contributed by atoms with E-state index in [1.165, 1.54) is 11.9 Å². The molecule has 0 spiro atoms. The van der Waals surface area contributed by atoms with Gasteiger partial charge in [0, 0.05) is 18.6 Å². The van der Waals surface area contributed by atoms with E-state index in [9.17, 15) is 18.0 Å². The number of ether oxygens (including phenoxy) is 1. The molecule has 0 unspecified atom stereocenters. The van der Waals surface area contributed by atoms with Crippen LogP contribution in [0.1, 0.15) is 23.2 Å². The molecule has 0 aliphatic rings. The molecule has 1 amide bonds. The zero-order valence-electron chi connectivity index (χ0n) is 13.6. The summed E-state index contributed by atoms with van der Waals surface area (Å²) in [5.74, 6) is -4.44. The first kappa shape index (κ1) is 19.1. The third-order valence-electron chi connectivity index (χ3n) is 3.58. The molecule has 2 aromatic carbocycles. The van der Waals surface area contributed by atoms with Crippen LogP contribution in [0.5, 0.6) is 5.75 Å². The number of hydrogen-bond acceptors (Lipinski definition) is 2. The van der Waals surface area contributed by atoms with Crippen LogP contribution in [0.4, 0.5) is 13.2 Å². The number of benzene rings is 2. The fourth-order valence-electron chi connectivity index (χ4n) is 2.17. The third kappa shape index (κ3) is 5.13. The molecule has 0 aromatic heterocycles. The normalized spacial score (nSPS) is 10.6. The number of halogens is 4. The molecule has 25 heavy (non-hydrogen) atoms. The zero-order chi connectivity index (χ0) is 18.4. The predicted octanol–water partition coefficient (Wildman–Crippen LogP) is 4.69. The molecular formula is C18H17ClF3NO2. The molecule has 0 bridgehead atoms. The van der Waals surface area contributed by atoms with Gasteiger partial charge in [-0.15, -0.1) is 0 Å². The summed E-state index contributed by atoms with van der Waals surface area (Å²) in [4.78, 5) is 13.4. The Labute approximate surface area is 149 Å². The van der Waals surface area contributed by atoms with Crippen LogP contribution in [0.3, 0.4) is 0 Å². The van der Waals surface area contributed by atoms with E-state index in [4.69, 9.17) is 16.3 Å². The summed E-state index contributed by atoms with van der Waals surface area (Å²) >= 11 is 5.78. The Hall–Kier alpha value is -2.21. The van der Waals surface area contributed by atoms with Crippen molar-refractivity contribution in [2.75, 3.05) is 20.2 Å². The van der Waals surface area contributed by atoms with Crippen molar-refractivity contribution < 1.29 is 22.7 Å². The summed E-state index contributed by atoms with van der Waals surface area (Å²) in [5.41, 5.74) is -0.487. The van der Waals surface area contributed by atoms with Crippen LogP contribution in [0, 0.1) is 17.5 Å². The minimum absolute atomic E-state index is 0.335. The van der Waals surface area contributed by atoms with Crippen molar-refractivity contribution >= 4 is 17.5 Å². The second-order valence-corrected chi connectivity index (χ2v) is 5.90. The number of carbonyl (C=O) groups excluding carboxylic acids is 1. The highest BCUT2D eigenvalue weighted by Gasteiger charge is 2.21. The van der Waals surface area contributed by atoms with Gasteiger partial charge in [0.1, 0.15) is 5.75 Å². The van der Waals surface area contributed by atoms with Crippen molar-refractivity contribution in [2.24, 2.45) is 0 Å². The third-order valence-corrected chi connectivity index (χ3v) is 3.83. The van der Waals surface area contributed by atoms with Crippen molar-refractivity contribution in [1.29, 1.82) is 0 Å². The fraction of sp³-hybridized carbons (Fsp3) is 0.278. The lowest BCUT2D eigenvalue weighted by Gasteiger charge is -2.17. The second-order valence-electron chi connectivity index (χ2n) is 5.46. The summed E-state index contributed by atoms with van der Waals surface area (Å²) in [6, 6.07) is 8.63. The number of rotatable bonds is 7. The summed E-state index contributed by atoms with van der Waals surface area (Å²) in [7, 11) is 1.48. The van der Waals surface area contributed by atoms with Gasteiger partial charge in [0.15, 0.2) is 17.5 Å². The number of nitrogens with zero attached hydrogens (tertiary/aromatic N) is 1. The summed E-state index contributed by atoms with van der Waals surface area (Å²) in [6.45, 7) is 0.782. The molecule has 0 saturated carbocycles. The van der Waals surface area contributed by atoms with Crippen LogP contribution in [0.25, 0.3) is 0 Å². The summed E-state index contributed by atoms with van der Waals surface area (Å²) < 4.78 is 45.3. The molecule has 0 N–H and O–H groups in total. The number of carbonyl (C=O) groups is 1. The molecule has 0 radical (unpaired) electrons. The van der Waals surface area contributed by atoms with Crippen LogP contribution in [-0.2, 0) is 0 Å². The lowest BCUT2D eigenvalue weighted by atomic mass is 10.1. The standard InChI is InChI=1S/C18H17ClF3NO2/c1-23(18(24)14-8-9-15(20)17(22)16(14)21)10-2-3-11-25-13-6-4-12(19)5-7-13/h4-9H,2-3,10-11H2,1H3. The minimum atomic E-state index is -1.64. The van der Waals surface area contributed by atoms with Crippen LogP contribution >= 0.6 is 11.6 Å². The van der Waals surface area contributed by atoms with Crippen LogP contribution in [-0.4, -0.2) is 31.0 Å². The Bertz CT molecular complexity index is 738. The Morgan fingerprint density at radius 1 is 1.04 bits per heavy atom. The van der Waals surface area contributed by atoms with Gasteiger partial charge in [-0.05, 0) is 49.2 Å². The maximum Gasteiger partial charge on any atom is 0.256 e. The van der Waals surface area contributed by atoms with Crippen molar-refractivity contribution in [3.63, 3.8) is 0 Å². The molecule has 0 atom stereocenters. The van der Waals surface area contributed by atoms with Gasteiger partial charge >= 0.3 is 0 Å². The average Bonchev–Trinajstić information content (AvgIpc) is 2.60. The molecule has 0 aliphatic carbocycles. The van der Waals surface area contributed by atoms with Crippen molar-refractivity contribution in [3.05, 3.63) is 64.4 Å². The first-order valence-electron chi connectivity index (χ1n) is 7.67. The van der Waals surface area contributed by atoms with E-state index in [1.807, 2.05) is 0 Å². The van der Waals surface area contributed by atoms with Crippen LogP contribution in [0.15, 0.2) is 36.4 Å². The molecule has 0 fully saturated rings. The highest BCUT2D eigenvalue weighted by atomic mass is 35.5. The molecule has 134 valence electrons. The molecule has 0 heterocycles. The zero-order valence-corrected chi connectivity index (χ0v) is 14.3. The molecular weight excluding hydrogens is 355 g/mol. The SMILES string of the molecule is CN(CCCCOc1ccc(Cl)cc1)C(=O)c1ccc(F)c(F)c1F. The van der Waals surface area contributed by atoms with E-state index in [0.29, 0.717) is 36.8 Å². The monoisotopic (exact) mass is 371 g/mol. The van der Waals surface area contributed by atoms with Crippen LogP contribution in [0.2, 0.25) is 5.02 Å². The van der Waals surface area contributed by atoms with E-state index in [-0.39, 0.29) is 0 Å². The summed E-state index contributed by atoms with van der Waals surface area (Å²) in [6.07, 6.45) is 1.28. The topological polar surface area (TPSA) is 29.5 Å². The highest BCUT2D eigenvalue weighted by Crippen LogP contribution is 2.17. The van der Waals surface area contributed by atoms with Gasteiger partial charge in [0.2, 0.25) is 0 Å². The first-order chi connectivity index (χ1) is 11.9. The van der Waals surface area contributed by atoms with Crippen LogP contribution < -0.4 is 4.74 Å². The van der Waals surface area contributed by atoms with Crippen molar-refractivity contribution in [1.82, 2.24) is 4.90 Å². The number of hydrogen-bond donors (Lipinski definition) is 0. The summed E-state index contributed by atoms with van der Waals surface area (Å²) in [5, 5.41) is 0.622. The van der Waals surface area contributed by atoms with Gasteiger partial charge in [-0.2, -0.15) is 0 Å². The molecule has 2 rings (SSSR count). The van der Waals surface area contributed by atoms with Gasteiger partial charge in [-0.1, -0.05) is 11.6 Å².